The standard InChI is InChI=1S/C21H23ClN2O3/c1-26-18-8-7-15-11-17(13-23-9-4-10-25)21(24-20(15)12-18)27-14-16-5-2-3-6-19(16)22/h2-3,5-8,11-12,23,25H,4,9-10,13-14H2,1H3. The molecule has 2 aromatic carbocycles. The van der Waals surface area contributed by atoms with E-state index in [1.54, 1.807) is 7.11 Å². The molecule has 142 valence electrons. The highest BCUT2D eigenvalue weighted by molar-refractivity contribution is 6.31. The van der Waals surface area contributed by atoms with Gasteiger partial charge < -0.3 is 19.9 Å². The smallest absolute Gasteiger partial charge is 0.218 e. The molecule has 0 atom stereocenters. The maximum atomic E-state index is 8.94. The molecule has 0 aliphatic carbocycles. The zero-order valence-electron chi connectivity index (χ0n) is 15.2. The number of pyridine rings is 1. The van der Waals surface area contributed by atoms with Crippen molar-refractivity contribution in [3.8, 4) is 11.6 Å². The van der Waals surface area contributed by atoms with Gasteiger partial charge in [-0.15, -0.1) is 0 Å². The quantitative estimate of drug-likeness (QED) is 0.545. The molecule has 0 aliphatic rings. The Morgan fingerprint density at radius 2 is 1.96 bits per heavy atom. The zero-order chi connectivity index (χ0) is 19.1. The van der Waals surface area contributed by atoms with Crippen LogP contribution in [0.25, 0.3) is 10.9 Å². The van der Waals surface area contributed by atoms with Crippen molar-refractivity contribution in [1.29, 1.82) is 0 Å². The topological polar surface area (TPSA) is 63.6 Å². The predicted octanol–water partition coefficient (Wildman–Crippen LogP) is 3.95. The molecule has 6 heteroatoms. The summed E-state index contributed by atoms with van der Waals surface area (Å²) in [5.41, 5.74) is 2.67. The average molecular weight is 387 g/mol. The third-order valence-electron chi connectivity index (χ3n) is 4.21. The van der Waals surface area contributed by atoms with Crippen LogP contribution in [0.4, 0.5) is 0 Å². The average Bonchev–Trinajstić information content (AvgIpc) is 2.70. The Labute approximate surface area is 163 Å². The minimum atomic E-state index is 0.165. The zero-order valence-corrected chi connectivity index (χ0v) is 16.0. The molecule has 27 heavy (non-hydrogen) atoms. The monoisotopic (exact) mass is 386 g/mol. The summed E-state index contributed by atoms with van der Waals surface area (Å²) >= 11 is 6.23. The van der Waals surface area contributed by atoms with E-state index in [-0.39, 0.29) is 6.61 Å². The second kappa shape index (κ2) is 9.55. The number of rotatable bonds is 9. The molecule has 0 saturated carbocycles. The molecule has 5 nitrogen and oxygen atoms in total. The molecule has 0 fully saturated rings. The fourth-order valence-corrected chi connectivity index (χ4v) is 2.93. The van der Waals surface area contributed by atoms with Crippen molar-refractivity contribution < 1.29 is 14.6 Å². The highest BCUT2D eigenvalue weighted by Gasteiger charge is 2.10. The van der Waals surface area contributed by atoms with Gasteiger partial charge in [0, 0.05) is 40.8 Å². The second-order valence-electron chi connectivity index (χ2n) is 6.15. The summed E-state index contributed by atoms with van der Waals surface area (Å²) in [7, 11) is 1.63. The maximum absolute atomic E-state index is 8.94. The molecular weight excluding hydrogens is 364 g/mol. The minimum absolute atomic E-state index is 0.165. The highest BCUT2D eigenvalue weighted by atomic mass is 35.5. The number of aromatic nitrogens is 1. The molecule has 0 amide bonds. The number of hydrogen-bond acceptors (Lipinski definition) is 5. The van der Waals surface area contributed by atoms with E-state index in [4.69, 9.17) is 31.2 Å². The summed E-state index contributed by atoms with van der Waals surface area (Å²) < 4.78 is 11.3. The third-order valence-corrected chi connectivity index (χ3v) is 4.58. The Hall–Kier alpha value is -2.34. The summed E-state index contributed by atoms with van der Waals surface area (Å²) in [4.78, 5) is 4.69. The number of ether oxygens (including phenoxy) is 2. The molecule has 0 aliphatic heterocycles. The number of halogens is 1. The first-order chi connectivity index (χ1) is 13.2. The first-order valence-electron chi connectivity index (χ1n) is 8.86. The van der Waals surface area contributed by atoms with Crippen LogP contribution in [0.3, 0.4) is 0 Å². The highest BCUT2D eigenvalue weighted by Crippen LogP contribution is 2.27. The van der Waals surface area contributed by atoms with E-state index >= 15 is 0 Å². The first kappa shape index (κ1) is 19.4. The van der Waals surface area contributed by atoms with Gasteiger partial charge in [-0.05, 0) is 37.2 Å². The number of methoxy groups -OCH3 is 1. The molecule has 0 bridgehead atoms. The summed E-state index contributed by atoms with van der Waals surface area (Å²) in [5, 5.41) is 13.9. The summed E-state index contributed by atoms with van der Waals surface area (Å²) in [6, 6.07) is 15.5. The van der Waals surface area contributed by atoms with Gasteiger partial charge in [-0.2, -0.15) is 0 Å². The van der Waals surface area contributed by atoms with Gasteiger partial charge in [0.05, 0.1) is 12.6 Å². The Bertz CT molecular complexity index is 902. The van der Waals surface area contributed by atoms with Gasteiger partial charge in [0.25, 0.3) is 0 Å². The van der Waals surface area contributed by atoms with Crippen molar-refractivity contribution in [3.63, 3.8) is 0 Å². The molecule has 0 unspecified atom stereocenters. The van der Waals surface area contributed by atoms with Gasteiger partial charge >= 0.3 is 0 Å². The molecule has 3 aromatic rings. The van der Waals surface area contributed by atoms with Crippen molar-refractivity contribution in [1.82, 2.24) is 10.3 Å². The Kier molecular flexibility index (Phi) is 6.87. The van der Waals surface area contributed by atoms with E-state index in [2.05, 4.69) is 11.4 Å². The largest absolute Gasteiger partial charge is 0.497 e. The lowest BCUT2D eigenvalue weighted by Gasteiger charge is -2.14. The van der Waals surface area contributed by atoms with Gasteiger partial charge in [0.2, 0.25) is 5.88 Å². The first-order valence-corrected chi connectivity index (χ1v) is 9.24. The molecular formula is C21H23ClN2O3. The van der Waals surface area contributed by atoms with E-state index in [0.29, 0.717) is 30.5 Å². The van der Waals surface area contributed by atoms with Crippen LogP contribution < -0.4 is 14.8 Å². The number of nitrogens with zero attached hydrogens (tertiary/aromatic N) is 1. The molecule has 3 rings (SSSR count). The summed E-state index contributed by atoms with van der Waals surface area (Å²) in [5.74, 6) is 1.31. The third kappa shape index (κ3) is 5.10. The Morgan fingerprint density at radius 1 is 1.11 bits per heavy atom. The maximum Gasteiger partial charge on any atom is 0.218 e. The van der Waals surface area contributed by atoms with Crippen molar-refractivity contribution in [2.45, 2.75) is 19.6 Å². The van der Waals surface area contributed by atoms with Crippen LogP contribution in [-0.2, 0) is 13.2 Å². The fraction of sp³-hybridized carbons (Fsp3) is 0.286. The second-order valence-corrected chi connectivity index (χ2v) is 6.55. The van der Waals surface area contributed by atoms with Crippen LogP contribution >= 0.6 is 11.6 Å². The molecule has 0 spiro atoms. The normalized spacial score (nSPS) is 10.9. The fourth-order valence-electron chi connectivity index (χ4n) is 2.74. The minimum Gasteiger partial charge on any atom is -0.497 e. The van der Waals surface area contributed by atoms with E-state index in [0.717, 1.165) is 34.3 Å². The van der Waals surface area contributed by atoms with Crippen molar-refractivity contribution in [2.24, 2.45) is 0 Å². The SMILES string of the molecule is COc1ccc2cc(CNCCCO)c(OCc3ccccc3Cl)nc2c1. The van der Waals surface area contributed by atoms with E-state index in [9.17, 15) is 0 Å². The lowest BCUT2D eigenvalue weighted by atomic mass is 10.1. The summed E-state index contributed by atoms with van der Waals surface area (Å²) in [6.07, 6.45) is 0.702. The van der Waals surface area contributed by atoms with Gasteiger partial charge in [0.1, 0.15) is 12.4 Å². The van der Waals surface area contributed by atoms with Gasteiger partial charge in [-0.25, -0.2) is 4.98 Å². The number of nitrogens with one attached hydrogen (secondary N) is 1. The lowest BCUT2D eigenvalue weighted by Crippen LogP contribution is -2.17. The van der Waals surface area contributed by atoms with Crippen LogP contribution in [0.5, 0.6) is 11.6 Å². The van der Waals surface area contributed by atoms with Gasteiger partial charge in [-0.3, -0.25) is 0 Å². The van der Waals surface area contributed by atoms with Crippen molar-refractivity contribution in [3.05, 3.63) is 64.7 Å². The number of aliphatic hydroxyl groups excluding tert-OH is 1. The van der Waals surface area contributed by atoms with Crippen LogP contribution in [0.1, 0.15) is 17.5 Å². The number of hydrogen-bond donors (Lipinski definition) is 2. The predicted molar refractivity (Wildman–Crippen MR) is 107 cm³/mol. The van der Waals surface area contributed by atoms with Gasteiger partial charge in [0.15, 0.2) is 0 Å². The Morgan fingerprint density at radius 3 is 2.74 bits per heavy atom. The van der Waals surface area contributed by atoms with Crippen LogP contribution in [0.2, 0.25) is 5.02 Å². The number of aliphatic hydroxyl groups is 1. The Balaban J connectivity index is 1.87. The van der Waals surface area contributed by atoms with Crippen molar-refractivity contribution >= 4 is 22.5 Å². The number of benzene rings is 2. The van der Waals surface area contributed by atoms with Crippen LogP contribution in [0.15, 0.2) is 48.5 Å². The number of fused-ring (bicyclic) bond motifs is 1. The van der Waals surface area contributed by atoms with Crippen LogP contribution in [0, 0.1) is 0 Å². The molecule has 0 radical (unpaired) electrons. The van der Waals surface area contributed by atoms with Crippen molar-refractivity contribution in [2.75, 3.05) is 20.3 Å². The van der Waals surface area contributed by atoms with E-state index in [1.807, 2.05) is 42.5 Å². The van der Waals surface area contributed by atoms with E-state index < -0.39 is 0 Å². The molecule has 0 saturated heterocycles. The molecule has 2 N–H and O–H groups in total. The van der Waals surface area contributed by atoms with Crippen LogP contribution in [-0.4, -0.2) is 30.4 Å². The lowest BCUT2D eigenvalue weighted by molar-refractivity contribution is 0.283. The molecule has 1 heterocycles. The van der Waals surface area contributed by atoms with Gasteiger partial charge in [-0.1, -0.05) is 29.8 Å². The summed E-state index contributed by atoms with van der Waals surface area (Å²) in [6.45, 7) is 1.83. The van der Waals surface area contributed by atoms with E-state index in [1.165, 1.54) is 0 Å². The molecule has 1 aromatic heterocycles.